The van der Waals surface area contributed by atoms with Crippen molar-refractivity contribution in [2.24, 2.45) is 5.41 Å². The number of aromatic nitrogens is 1. The second-order valence-electron chi connectivity index (χ2n) is 13.3. The molecule has 3 aliphatic rings. The van der Waals surface area contributed by atoms with Crippen LogP contribution in [0.5, 0.6) is 0 Å². The van der Waals surface area contributed by atoms with Crippen molar-refractivity contribution in [3.05, 3.63) is 72.9 Å². The number of hydrogen-bond donors (Lipinski definition) is 3. The van der Waals surface area contributed by atoms with Gasteiger partial charge in [0.1, 0.15) is 0 Å². The number of piperazine rings is 1. The van der Waals surface area contributed by atoms with Crippen molar-refractivity contribution >= 4 is 52.4 Å². The predicted molar refractivity (Wildman–Crippen MR) is 193 cm³/mol. The van der Waals surface area contributed by atoms with Crippen LogP contribution in [0.15, 0.2) is 52.3 Å². The molecule has 1 atom stereocenters. The summed E-state index contributed by atoms with van der Waals surface area (Å²) < 4.78 is 0. The van der Waals surface area contributed by atoms with Gasteiger partial charge in [-0.05, 0) is 62.9 Å². The van der Waals surface area contributed by atoms with Crippen LogP contribution in [0.1, 0.15) is 75.3 Å². The summed E-state index contributed by atoms with van der Waals surface area (Å²) in [5.74, 6) is -4.14. The van der Waals surface area contributed by atoms with E-state index < -0.39 is 17.9 Å². The molecule has 0 spiro atoms. The Bertz CT molecular complexity index is 1540. The Morgan fingerprint density at radius 1 is 0.980 bits per heavy atom. The van der Waals surface area contributed by atoms with Gasteiger partial charge in [-0.1, -0.05) is 56.0 Å². The van der Waals surface area contributed by atoms with Crippen LogP contribution in [0.2, 0.25) is 10.0 Å². The maximum absolute atomic E-state index is 13.8. The Hall–Kier alpha value is -2.96. The molecule has 1 saturated heterocycles. The van der Waals surface area contributed by atoms with Crippen molar-refractivity contribution in [1.82, 2.24) is 25.0 Å². The number of nitrogens with zero attached hydrogens (tertiary/aromatic N) is 4. The van der Waals surface area contributed by atoms with Gasteiger partial charge in [0.25, 0.3) is 0 Å². The molecule has 10 nitrogen and oxygen atoms in total. The molecule has 49 heavy (non-hydrogen) atoms. The van der Waals surface area contributed by atoms with Gasteiger partial charge in [0.2, 0.25) is 5.91 Å². The summed E-state index contributed by atoms with van der Waals surface area (Å²) in [6.07, 6.45) is 8.44. The second-order valence-corrected chi connectivity index (χ2v) is 15.1. The Labute approximate surface area is 302 Å². The van der Waals surface area contributed by atoms with E-state index in [0.29, 0.717) is 30.6 Å². The lowest BCUT2D eigenvalue weighted by molar-refractivity contribution is -0.133. The number of dihydropyridines is 1. The molecule has 1 aliphatic carbocycles. The Balaban J connectivity index is 1.34. The van der Waals surface area contributed by atoms with Gasteiger partial charge >= 0.3 is 11.9 Å². The van der Waals surface area contributed by atoms with Gasteiger partial charge in [-0.15, -0.1) is 11.3 Å². The average Bonchev–Trinajstić information content (AvgIpc) is 3.78. The third-order valence-corrected chi connectivity index (χ3v) is 12.0. The number of hydrogen-bond acceptors (Lipinski definition) is 8. The molecule has 2 fully saturated rings. The van der Waals surface area contributed by atoms with Crippen LogP contribution >= 0.6 is 34.5 Å². The highest BCUT2D eigenvalue weighted by Gasteiger charge is 2.41. The Kier molecular flexibility index (Phi) is 12.8. The lowest BCUT2D eigenvalue weighted by atomic mass is 9.79. The third-order valence-electron chi connectivity index (χ3n) is 10.5. The number of thiazole rings is 1. The minimum atomic E-state index is -1.34. The molecule has 1 aromatic carbocycles. The van der Waals surface area contributed by atoms with Crippen LogP contribution in [0, 0.1) is 5.41 Å². The highest BCUT2D eigenvalue weighted by molar-refractivity contribution is 7.09. The molecule has 1 amide bonds. The van der Waals surface area contributed by atoms with E-state index in [4.69, 9.17) is 23.2 Å². The van der Waals surface area contributed by atoms with Gasteiger partial charge in [0.05, 0.1) is 28.5 Å². The molecule has 2 aliphatic heterocycles. The van der Waals surface area contributed by atoms with Crippen LogP contribution < -0.4 is 5.32 Å². The summed E-state index contributed by atoms with van der Waals surface area (Å²) >= 11 is 14.6. The monoisotopic (exact) mass is 731 g/mol. The summed E-state index contributed by atoms with van der Waals surface area (Å²) in [6.45, 7) is 11.4. The van der Waals surface area contributed by atoms with Gasteiger partial charge in [0.15, 0.2) is 0 Å². The molecule has 1 unspecified atom stereocenters. The van der Waals surface area contributed by atoms with Crippen molar-refractivity contribution in [3.8, 4) is 0 Å². The molecule has 13 heteroatoms. The van der Waals surface area contributed by atoms with Crippen LogP contribution in [-0.2, 0) is 20.8 Å². The molecule has 1 saturated carbocycles. The average molecular weight is 733 g/mol. The Morgan fingerprint density at radius 2 is 1.61 bits per heavy atom. The number of benzene rings is 1. The number of aryl methyl sites for hydroxylation is 1. The number of amides is 1. The fourth-order valence-corrected chi connectivity index (χ4v) is 8.98. The number of aliphatic carboxylic acids is 2. The summed E-state index contributed by atoms with van der Waals surface area (Å²) in [7, 11) is 0. The van der Waals surface area contributed by atoms with Crippen molar-refractivity contribution in [2.75, 3.05) is 52.4 Å². The summed E-state index contributed by atoms with van der Waals surface area (Å²) in [6, 6.07) is 4.73. The molecular formula is C36H47Cl2N5O5S. The first-order valence-electron chi connectivity index (χ1n) is 17.3. The van der Waals surface area contributed by atoms with Crippen LogP contribution in [0.25, 0.3) is 0 Å². The fourth-order valence-electron chi connectivity index (χ4n) is 7.75. The number of carbonyl (C=O) groups excluding carboxylic acids is 1. The molecule has 266 valence electrons. The van der Waals surface area contributed by atoms with E-state index >= 15 is 0 Å². The minimum Gasteiger partial charge on any atom is -0.478 e. The number of carbonyl (C=O) groups is 3. The maximum Gasteiger partial charge on any atom is 0.334 e. The van der Waals surface area contributed by atoms with Gasteiger partial charge in [0, 0.05) is 77.7 Å². The second kappa shape index (κ2) is 16.8. The lowest BCUT2D eigenvalue weighted by Crippen LogP contribution is -2.50. The van der Waals surface area contributed by atoms with Gasteiger partial charge < -0.3 is 25.3 Å². The zero-order valence-electron chi connectivity index (χ0n) is 28.4. The molecule has 1 aromatic heterocycles. The van der Waals surface area contributed by atoms with Crippen molar-refractivity contribution in [1.29, 1.82) is 0 Å². The fraction of sp³-hybridized carbons (Fsp3) is 0.556. The van der Waals surface area contributed by atoms with Gasteiger partial charge in [-0.2, -0.15) is 0 Å². The van der Waals surface area contributed by atoms with Crippen LogP contribution in [0.4, 0.5) is 0 Å². The van der Waals surface area contributed by atoms with Gasteiger partial charge in [-0.3, -0.25) is 9.69 Å². The van der Waals surface area contributed by atoms with E-state index in [-0.39, 0.29) is 51.2 Å². The van der Waals surface area contributed by atoms with Crippen molar-refractivity contribution < 1.29 is 24.6 Å². The van der Waals surface area contributed by atoms with Crippen molar-refractivity contribution in [3.63, 3.8) is 0 Å². The molecule has 0 bridgehead atoms. The number of carboxylic acid groups (broad SMARTS) is 2. The SMILES string of the molecule is CCN(CC)CC1(CCN2CCN(C(=O)CC3=C(C(=O)O)C(c4c(Cl)cccc4Cl)C(C(=O)O)=C(CCc4nccs4)N3)CC2)CCCC1. The number of rotatable bonds is 15. The third kappa shape index (κ3) is 8.86. The number of nitrogens with one attached hydrogen (secondary N) is 1. The Morgan fingerprint density at radius 3 is 2.18 bits per heavy atom. The van der Waals surface area contributed by atoms with Crippen molar-refractivity contribution in [2.45, 2.75) is 71.1 Å². The predicted octanol–water partition coefficient (Wildman–Crippen LogP) is 6.27. The normalized spacial score (nSPS) is 19.9. The molecule has 3 heterocycles. The highest BCUT2D eigenvalue weighted by atomic mass is 35.5. The first-order chi connectivity index (χ1) is 23.6. The van der Waals surface area contributed by atoms with E-state index in [1.165, 1.54) is 37.0 Å². The van der Waals surface area contributed by atoms with E-state index in [1.54, 1.807) is 29.3 Å². The molecule has 0 radical (unpaired) electrons. The first kappa shape index (κ1) is 37.3. The van der Waals surface area contributed by atoms with E-state index in [9.17, 15) is 24.6 Å². The largest absolute Gasteiger partial charge is 0.478 e. The molecule has 5 rings (SSSR count). The van der Waals surface area contributed by atoms with Gasteiger partial charge in [-0.25, -0.2) is 14.6 Å². The maximum atomic E-state index is 13.8. The number of allylic oxidation sites excluding steroid dienone is 1. The van der Waals surface area contributed by atoms with Crippen LogP contribution in [0.3, 0.4) is 0 Å². The van der Waals surface area contributed by atoms with E-state index in [0.717, 1.165) is 50.7 Å². The minimum absolute atomic E-state index is 0.148. The smallest absolute Gasteiger partial charge is 0.334 e. The zero-order chi connectivity index (χ0) is 35.1. The highest BCUT2D eigenvalue weighted by Crippen LogP contribution is 2.46. The summed E-state index contributed by atoms with van der Waals surface area (Å²) in [5.41, 5.74) is 0.619. The first-order valence-corrected chi connectivity index (χ1v) is 18.9. The number of halogens is 2. The molecule has 2 aromatic rings. The quantitative estimate of drug-likeness (QED) is 0.194. The van der Waals surface area contributed by atoms with E-state index in [2.05, 4.69) is 33.9 Å². The van der Waals surface area contributed by atoms with Crippen LogP contribution in [-0.4, -0.2) is 100 Å². The summed E-state index contributed by atoms with van der Waals surface area (Å²) in [4.78, 5) is 50.7. The number of carboxylic acids is 2. The van der Waals surface area contributed by atoms with E-state index in [1.807, 2.05) is 5.38 Å². The molecule has 3 N–H and O–H groups in total. The lowest BCUT2D eigenvalue weighted by Gasteiger charge is -2.39. The zero-order valence-corrected chi connectivity index (χ0v) is 30.7. The summed E-state index contributed by atoms with van der Waals surface area (Å²) in [5, 5.41) is 27.1. The topological polar surface area (TPSA) is 126 Å². The standard InChI is InChI=1S/C36H47Cl2N5O5S/c1-3-41(4-2)23-36(12-5-6-13-36)14-16-42-17-19-43(20-18-42)29(44)22-27-32(35(47)48)33(30-24(37)8-7-9-25(30)38)31(34(45)46)26(40-27)10-11-28-39-15-21-49-28/h7-9,15,21,33,40H,3-6,10-14,16-20,22-23H2,1-2H3,(H,45,46)(H,47,48). The molecular weight excluding hydrogens is 685 g/mol.